The maximum atomic E-state index is 6.57. The fourth-order valence-corrected chi connectivity index (χ4v) is 14.3. The Morgan fingerprint density at radius 2 is 0.687 bits per heavy atom. The molecule has 12 aromatic carbocycles. The van der Waals surface area contributed by atoms with E-state index in [4.69, 9.17) is 14.4 Å². The molecule has 18 aromatic rings. The van der Waals surface area contributed by atoms with Crippen molar-refractivity contribution in [1.29, 1.82) is 0 Å². The van der Waals surface area contributed by atoms with Gasteiger partial charge in [0.25, 0.3) is 0 Å². The largest absolute Gasteiger partial charge is 0.456 e. The number of hydrogen-bond acceptors (Lipinski definition) is 4. The van der Waals surface area contributed by atoms with Crippen molar-refractivity contribution in [3.05, 3.63) is 273 Å². The van der Waals surface area contributed by atoms with E-state index in [1.807, 2.05) is 11.3 Å². The molecule has 0 saturated heterocycles. The lowest BCUT2D eigenvalue weighted by atomic mass is 9.98. The molecule has 83 heavy (non-hydrogen) atoms. The lowest BCUT2D eigenvalue weighted by Crippen LogP contribution is -2.04. The molecule has 0 radical (unpaired) electrons. The molecule has 0 bridgehead atoms. The van der Waals surface area contributed by atoms with Crippen LogP contribution in [-0.2, 0) is 0 Å². The van der Waals surface area contributed by atoms with Gasteiger partial charge in [0.2, 0.25) is 5.95 Å². The van der Waals surface area contributed by atoms with E-state index in [-0.39, 0.29) is 0 Å². The van der Waals surface area contributed by atoms with Crippen LogP contribution in [0.25, 0.3) is 170 Å². The van der Waals surface area contributed by atoms with Crippen molar-refractivity contribution in [3.63, 3.8) is 0 Å². The molecule has 6 nitrogen and oxygen atoms in total. The van der Waals surface area contributed by atoms with Crippen LogP contribution in [0.15, 0.2) is 277 Å². The molecule has 0 N–H and O–H groups in total. The number of nitrogens with zero attached hydrogens (tertiary/aromatic N) is 5. The minimum absolute atomic E-state index is 0.614. The number of thiophene rings is 1. The molecule has 0 amide bonds. The zero-order chi connectivity index (χ0) is 54.3. The monoisotopic (exact) mass is 1080 g/mol. The molecule has 386 valence electrons. The van der Waals surface area contributed by atoms with Gasteiger partial charge in [-0.15, -0.1) is 11.3 Å². The highest BCUT2D eigenvalue weighted by Gasteiger charge is 2.23. The first-order valence-corrected chi connectivity index (χ1v) is 28.9. The highest BCUT2D eigenvalue weighted by molar-refractivity contribution is 7.25. The summed E-state index contributed by atoms with van der Waals surface area (Å²) in [7, 11) is 0. The number of para-hydroxylation sites is 3. The zero-order valence-electron chi connectivity index (χ0n) is 44.5. The summed E-state index contributed by atoms with van der Waals surface area (Å²) in [5.74, 6) is 0.614. The summed E-state index contributed by atoms with van der Waals surface area (Å²) in [5, 5.41) is 11.7. The number of benzene rings is 12. The lowest BCUT2D eigenvalue weighted by molar-refractivity contribution is 0.669. The van der Waals surface area contributed by atoms with Gasteiger partial charge in [-0.05, 0) is 138 Å². The van der Waals surface area contributed by atoms with Crippen molar-refractivity contribution in [2.45, 2.75) is 0 Å². The molecule has 0 spiro atoms. The van der Waals surface area contributed by atoms with E-state index in [2.05, 4.69) is 287 Å². The van der Waals surface area contributed by atoms with Crippen molar-refractivity contribution in [3.8, 4) is 62.1 Å². The summed E-state index contributed by atoms with van der Waals surface area (Å²) in [6, 6.07) is 98.7. The topological polar surface area (TPSA) is 53.7 Å². The van der Waals surface area contributed by atoms with Crippen LogP contribution < -0.4 is 0 Å². The van der Waals surface area contributed by atoms with Crippen molar-refractivity contribution in [1.82, 2.24) is 23.7 Å². The molecule has 0 unspecified atom stereocenters. The molecule has 0 aliphatic rings. The molecular formula is C76H45N5OS. The maximum Gasteiger partial charge on any atom is 0.235 e. The first kappa shape index (κ1) is 45.9. The molecule has 0 fully saturated rings. The number of aromatic nitrogens is 5. The van der Waals surface area contributed by atoms with Crippen LogP contribution in [0.4, 0.5) is 0 Å². The van der Waals surface area contributed by atoms with Gasteiger partial charge < -0.3 is 13.6 Å². The summed E-state index contributed by atoms with van der Waals surface area (Å²) in [6.07, 6.45) is 0. The van der Waals surface area contributed by atoms with Gasteiger partial charge in [0.05, 0.1) is 44.5 Å². The Morgan fingerprint density at radius 3 is 1.29 bits per heavy atom. The SMILES string of the molecule is c1ccc(-c2cc(-c3ccccc3)nc(-n3c4ccc(-c5ccc6c(c5)c5cc(-c7ccc8oc9cc%10c(cc9c8c7)sc7ccccc7%10)ccc5n6-c5ccccc5)cc4c4cc5c(cc43)c3ccccc3n5-c3ccccc3)n2)cc1. The second kappa shape index (κ2) is 17.8. The molecule has 0 aliphatic carbocycles. The first-order chi connectivity index (χ1) is 41.1. The summed E-state index contributed by atoms with van der Waals surface area (Å²) in [6.45, 7) is 0. The van der Waals surface area contributed by atoms with Gasteiger partial charge in [-0.25, -0.2) is 9.97 Å². The zero-order valence-corrected chi connectivity index (χ0v) is 45.3. The standard InChI is InChI=1S/C76H45N5OS/c1-5-17-46(18-6-1)64-45-65(47-19-7-2-8-20-47)78-76(77-64)81-69-35-31-49(39-58(69)60-42-70-59(41-71(60)81)54-25-13-15-27-66(54)80(70)53-23-11-4-12-24-53)48-29-33-67-56(37-48)57-38-50(30-34-68(57)79(67)52-21-9-3-10-22-52)51-32-36-72-61(40-51)62-44-75-63(43-73(62)82-72)55-26-14-16-28-74(55)83-75/h1-45H. The highest BCUT2D eigenvalue weighted by atomic mass is 32.1. The van der Waals surface area contributed by atoms with Crippen LogP contribution in [0.1, 0.15) is 0 Å². The molecular weight excluding hydrogens is 1030 g/mol. The van der Waals surface area contributed by atoms with Gasteiger partial charge in [-0.2, -0.15) is 0 Å². The van der Waals surface area contributed by atoms with Crippen LogP contribution in [0.2, 0.25) is 0 Å². The molecule has 0 atom stereocenters. The number of fused-ring (bicyclic) bond motifs is 15. The molecule has 0 saturated carbocycles. The Morgan fingerprint density at radius 1 is 0.253 bits per heavy atom. The van der Waals surface area contributed by atoms with Gasteiger partial charge in [-0.1, -0.05) is 158 Å². The van der Waals surface area contributed by atoms with Gasteiger partial charge in [0, 0.05) is 85.8 Å². The van der Waals surface area contributed by atoms with Crippen LogP contribution in [-0.4, -0.2) is 23.7 Å². The van der Waals surface area contributed by atoms with E-state index in [9.17, 15) is 0 Å². The molecule has 0 aliphatic heterocycles. The van der Waals surface area contributed by atoms with E-state index >= 15 is 0 Å². The minimum atomic E-state index is 0.614. The highest BCUT2D eigenvalue weighted by Crippen LogP contribution is 2.45. The van der Waals surface area contributed by atoms with E-state index in [1.54, 1.807) is 0 Å². The summed E-state index contributed by atoms with van der Waals surface area (Å²) >= 11 is 1.84. The number of furan rings is 1. The maximum absolute atomic E-state index is 6.57. The predicted molar refractivity (Wildman–Crippen MR) is 347 cm³/mol. The van der Waals surface area contributed by atoms with Crippen LogP contribution in [0.5, 0.6) is 0 Å². The number of hydrogen-bond donors (Lipinski definition) is 0. The van der Waals surface area contributed by atoms with Crippen LogP contribution in [0.3, 0.4) is 0 Å². The quantitative estimate of drug-likeness (QED) is 0.160. The Kier molecular flexibility index (Phi) is 9.87. The van der Waals surface area contributed by atoms with E-state index in [1.165, 1.54) is 36.3 Å². The third-order valence-corrected chi connectivity index (χ3v) is 18.2. The first-order valence-electron chi connectivity index (χ1n) is 28.1. The van der Waals surface area contributed by atoms with E-state index in [0.717, 1.165) is 127 Å². The second-order valence-electron chi connectivity index (χ2n) is 21.7. The minimum Gasteiger partial charge on any atom is -0.456 e. The number of rotatable bonds is 7. The predicted octanol–water partition coefficient (Wildman–Crippen LogP) is 20.7. The molecule has 7 heteroatoms. The molecule has 6 aromatic heterocycles. The average Bonchev–Trinajstić information content (AvgIpc) is 3.44. The van der Waals surface area contributed by atoms with Gasteiger partial charge in [0.1, 0.15) is 11.2 Å². The van der Waals surface area contributed by atoms with Gasteiger partial charge in [0.15, 0.2) is 0 Å². The van der Waals surface area contributed by atoms with Crippen molar-refractivity contribution < 1.29 is 4.42 Å². The van der Waals surface area contributed by atoms with Crippen molar-refractivity contribution in [2.75, 3.05) is 0 Å². The molecule has 6 heterocycles. The summed E-state index contributed by atoms with van der Waals surface area (Å²) < 4.78 is 16.2. The van der Waals surface area contributed by atoms with Gasteiger partial charge >= 0.3 is 0 Å². The second-order valence-corrected chi connectivity index (χ2v) is 22.8. The van der Waals surface area contributed by atoms with E-state index in [0.29, 0.717) is 5.95 Å². The fourth-order valence-electron chi connectivity index (χ4n) is 13.2. The molecule has 18 rings (SSSR count). The van der Waals surface area contributed by atoms with Crippen molar-refractivity contribution >= 4 is 119 Å². The van der Waals surface area contributed by atoms with Crippen molar-refractivity contribution in [2.24, 2.45) is 0 Å². The smallest absolute Gasteiger partial charge is 0.235 e. The normalized spacial score (nSPS) is 12.1. The third kappa shape index (κ3) is 7.08. The fraction of sp³-hybridized carbons (Fsp3) is 0. The Labute approximate surface area is 479 Å². The Bertz CT molecular complexity index is 5620. The lowest BCUT2D eigenvalue weighted by Gasteiger charge is -2.12. The van der Waals surface area contributed by atoms with Crippen LogP contribution >= 0.6 is 11.3 Å². The van der Waals surface area contributed by atoms with Gasteiger partial charge in [-0.3, -0.25) is 4.57 Å². The summed E-state index contributed by atoms with van der Waals surface area (Å²) in [5.41, 5.74) is 19.0. The Hall–Kier alpha value is -10.9. The van der Waals surface area contributed by atoms with E-state index < -0.39 is 0 Å². The average molecular weight is 1080 g/mol. The third-order valence-electron chi connectivity index (χ3n) is 17.0. The Balaban J connectivity index is 0.853. The van der Waals surface area contributed by atoms with Crippen LogP contribution in [0, 0.1) is 0 Å². The summed E-state index contributed by atoms with van der Waals surface area (Å²) in [4.78, 5) is 10.9.